The molecule has 10 aromatic rings. The van der Waals surface area contributed by atoms with E-state index in [1.807, 2.05) is 23.5 Å². The van der Waals surface area contributed by atoms with Crippen molar-refractivity contribution in [2.45, 2.75) is 0 Å². The molecule has 0 aliphatic rings. The second-order valence-electron chi connectivity index (χ2n) is 11.2. The fourth-order valence-corrected chi connectivity index (χ4v) is 8.37. The van der Waals surface area contributed by atoms with E-state index in [4.69, 9.17) is 8.83 Å². The smallest absolute Gasteiger partial charge is 0.139 e. The molecule has 3 heterocycles. The van der Waals surface area contributed by atoms with Crippen molar-refractivity contribution >= 4 is 86.0 Å². The summed E-state index contributed by atoms with van der Waals surface area (Å²) in [6, 6.07) is 46.0. The molecule has 2 nitrogen and oxygen atoms in total. The van der Waals surface area contributed by atoms with E-state index in [1.165, 1.54) is 64.0 Å². The zero-order valence-corrected chi connectivity index (χ0v) is 23.7. The van der Waals surface area contributed by atoms with E-state index in [-0.39, 0.29) is 0 Å². The van der Waals surface area contributed by atoms with Crippen LogP contribution in [0.25, 0.3) is 96.9 Å². The van der Waals surface area contributed by atoms with Gasteiger partial charge in [0.1, 0.15) is 16.7 Å². The summed E-state index contributed by atoms with van der Waals surface area (Å²) in [5.41, 5.74) is 7.54. The van der Waals surface area contributed by atoms with Crippen molar-refractivity contribution in [3.8, 4) is 22.3 Å². The van der Waals surface area contributed by atoms with E-state index < -0.39 is 0 Å². The van der Waals surface area contributed by atoms with E-state index >= 15 is 0 Å². The largest absolute Gasteiger partial charge is 0.464 e. The Hall–Kier alpha value is -5.38. The number of furan rings is 2. The summed E-state index contributed by atoms with van der Waals surface area (Å²) in [6.07, 6.45) is 1.74. The van der Waals surface area contributed by atoms with Crippen LogP contribution in [0.1, 0.15) is 0 Å². The van der Waals surface area contributed by atoms with Gasteiger partial charge in [0.15, 0.2) is 0 Å². The summed E-state index contributed by atoms with van der Waals surface area (Å²) >= 11 is 1.89. The summed E-state index contributed by atoms with van der Waals surface area (Å²) in [6.45, 7) is 0. The standard InChI is InChI=1S/C40H22O2S/c1-3-12-27-25(10-1)37(30-15-8-17-33-39(30)32-21-23-19-20-41-34(23)22-35(32)42-33)26-11-2-4-13-28(26)38(27)31-16-7-14-29-24-9-5-6-18-36(24)43-40(29)31/h1-22H. The number of hydrogen-bond acceptors (Lipinski definition) is 3. The van der Waals surface area contributed by atoms with E-state index in [1.54, 1.807) is 6.26 Å². The monoisotopic (exact) mass is 566 g/mol. The van der Waals surface area contributed by atoms with Gasteiger partial charge in [0.05, 0.1) is 6.26 Å². The van der Waals surface area contributed by atoms with Gasteiger partial charge >= 0.3 is 0 Å². The van der Waals surface area contributed by atoms with Gasteiger partial charge in [-0.25, -0.2) is 0 Å². The average molecular weight is 567 g/mol. The highest BCUT2D eigenvalue weighted by atomic mass is 32.1. The molecule has 10 rings (SSSR count). The minimum Gasteiger partial charge on any atom is -0.464 e. The minimum absolute atomic E-state index is 0.837. The molecular weight excluding hydrogens is 545 g/mol. The van der Waals surface area contributed by atoms with E-state index in [0.717, 1.165) is 32.9 Å². The number of benzene rings is 7. The fourth-order valence-electron chi connectivity index (χ4n) is 7.14. The van der Waals surface area contributed by atoms with E-state index in [0.29, 0.717) is 0 Å². The van der Waals surface area contributed by atoms with Crippen LogP contribution in [0, 0.1) is 0 Å². The Labute approximate surface area is 250 Å². The highest BCUT2D eigenvalue weighted by molar-refractivity contribution is 7.26. The van der Waals surface area contributed by atoms with Crippen molar-refractivity contribution in [2.24, 2.45) is 0 Å². The lowest BCUT2D eigenvalue weighted by atomic mass is 9.84. The first-order chi connectivity index (χ1) is 21.3. The molecule has 0 aliphatic heterocycles. The topological polar surface area (TPSA) is 26.3 Å². The predicted octanol–water partition coefficient (Wildman–Crippen LogP) is 12.3. The van der Waals surface area contributed by atoms with Gasteiger partial charge in [0, 0.05) is 48.0 Å². The van der Waals surface area contributed by atoms with Gasteiger partial charge in [-0.05, 0) is 62.5 Å². The fraction of sp³-hybridized carbons (Fsp3) is 0. The molecule has 43 heavy (non-hydrogen) atoms. The molecular formula is C40H22O2S. The van der Waals surface area contributed by atoms with Gasteiger partial charge in [0.25, 0.3) is 0 Å². The maximum Gasteiger partial charge on any atom is 0.139 e. The van der Waals surface area contributed by atoms with Crippen LogP contribution in [-0.2, 0) is 0 Å². The van der Waals surface area contributed by atoms with Gasteiger partial charge < -0.3 is 8.83 Å². The second kappa shape index (κ2) is 8.57. The molecule has 0 fully saturated rings. The highest BCUT2D eigenvalue weighted by Crippen LogP contribution is 2.49. The highest BCUT2D eigenvalue weighted by Gasteiger charge is 2.22. The summed E-state index contributed by atoms with van der Waals surface area (Å²) in [4.78, 5) is 0. The van der Waals surface area contributed by atoms with Gasteiger partial charge in [-0.1, -0.05) is 97.1 Å². The molecule has 200 valence electrons. The Morgan fingerprint density at radius 3 is 1.84 bits per heavy atom. The van der Waals surface area contributed by atoms with Crippen molar-refractivity contribution in [3.05, 3.63) is 134 Å². The average Bonchev–Trinajstić information content (AvgIpc) is 3.77. The molecule has 0 spiro atoms. The Bertz CT molecular complexity index is 2680. The van der Waals surface area contributed by atoms with Crippen LogP contribution in [0.3, 0.4) is 0 Å². The quantitative estimate of drug-likeness (QED) is 0.195. The Kier molecular flexibility index (Phi) is 4.63. The third kappa shape index (κ3) is 3.17. The van der Waals surface area contributed by atoms with Crippen LogP contribution < -0.4 is 0 Å². The molecule has 7 aromatic carbocycles. The number of fused-ring (bicyclic) bond motifs is 9. The predicted molar refractivity (Wildman–Crippen MR) is 182 cm³/mol. The lowest BCUT2D eigenvalue weighted by molar-refractivity contribution is 0.613. The zero-order valence-electron chi connectivity index (χ0n) is 22.9. The SMILES string of the molecule is c1cc(-c2c3ccccc3c(-c3cccc4c3sc3ccccc34)c3ccccc23)c2c(c1)oc1cc3occc3cc12. The molecule has 0 saturated heterocycles. The van der Waals surface area contributed by atoms with Crippen molar-refractivity contribution < 1.29 is 8.83 Å². The van der Waals surface area contributed by atoms with Crippen LogP contribution in [0.2, 0.25) is 0 Å². The van der Waals surface area contributed by atoms with E-state index in [2.05, 4.69) is 115 Å². The normalized spacial score (nSPS) is 12.2. The third-order valence-corrected chi connectivity index (χ3v) is 10.2. The first kappa shape index (κ1) is 23.2. The molecule has 0 amide bonds. The molecule has 0 radical (unpaired) electrons. The van der Waals surface area contributed by atoms with Crippen molar-refractivity contribution in [1.82, 2.24) is 0 Å². The lowest BCUT2D eigenvalue weighted by Gasteiger charge is -2.18. The number of hydrogen-bond donors (Lipinski definition) is 0. The van der Waals surface area contributed by atoms with Gasteiger partial charge in [-0.2, -0.15) is 0 Å². The van der Waals surface area contributed by atoms with Gasteiger partial charge in [-0.15, -0.1) is 11.3 Å². The molecule has 0 atom stereocenters. The van der Waals surface area contributed by atoms with Crippen LogP contribution in [0.5, 0.6) is 0 Å². The molecule has 0 unspecified atom stereocenters. The Balaban J connectivity index is 1.37. The Morgan fingerprint density at radius 2 is 1.07 bits per heavy atom. The van der Waals surface area contributed by atoms with Crippen molar-refractivity contribution in [1.29, 1.82) is 0 Å². The van der Waals surface area contributed by atoms with Crippen LogP contribution in [-0.4, -0.2) is 0 Å². The number of rotatable bonds is 2. The van der Waals surface area contributed by atoms with Crippen LogP contribution >= 0.6 is 11.3 Å². The summed E-state index contributed by atoms with van der Waals surface area (Å²) in [5.74, 6) is 0. The molecule has 0 bridgehead atoms. The molecule has 0 aliphatic carbocycles. The molecule has 3 heteroatoms. The minimum atomic E-state index is 0.837. The van der Waals surface area contributed by atoms with Crippen LogP contribution in [0.4, 0.5) is 0 Å². The molecule has 0 N–H and O–H groups in total. The lowest BCUT2D eigenvalue weighted by Crippen LogP contribution is -1.91. The molecule has 3 aromatic heterocycles. The van der Waals surface area contributed by atoms with E-state index in [9.17, 15) is 0 Å². The van der Waals surface area contributed by atoms with Crippen molar-refractivity contribution in [3.63, 3.8) is 0 Å². The zero-order chi connectivity index (χ0) is 28.1. The van der Waals surface area contributed by atoms with Gasteiger partial charge in [0.2, 0.25) is 0 Å². The maximum atomic E-state index is 6.43. The van der Waals surface area contributed by atoms with Crippen molar-refractivity contribution in [2.75, 3.05) is 0 Å². The Morgan fingerprint density at radius 1 is 0.442 bits per heavy atom. The summed E-state index contributed by atoms with van der Waals surface area (Å²) in [5, 5.41) is 10.9. The van der Waals surface area contributed by atoms with Crippen LogP contribution in [0.15, 0.2) is 142 Å². The number of thiophene rings is 1. The second-order valence-corrected chi connectivity index (χ2v) is 12.3. The summed E-state index contributed by atoms with van der Waals surface area (Å²) < 4.78 is 14.8. The first-order valence-electron chi connectivity index (χ1n) is 14.5. The first-order valence-corrected chi connectivity index (χ1v) is 15.3. The maximum absolute atomic E-state index is 6.43. The third-order valence-electron chi connectivity index (χ3n) is 8.94. The molecule has 0 saturated carbocycles. The summed E-state index contributed by atoms with van der Waals surface area (Å²) in [7, 11) is 0. The van der Waals surface area contributed by atoms with Gasteiger partial charge in [-0.3, -0.25) is 0 Å².